The summed E-state index contributed by atoms with van der Waals surface area (Å²) in [6.07, 6.45) is 1.73. The van der Waals surface area contributed by atoms with Crippen LogP contribution in [0.3, 0.4) is 0 Å². The van der Waals surface area contributed by atoms with E-state index in [0.717, 1.165) is 9.88 Å². The largest absolute Gasteiger partial charge is 0.248 e. The van der Waals surface area contributed by atoms with Crippen molar-refractivity contribution < 1.29 is 8.42 Å². The lowest BCUT2D eigenvalue weighted by atomic mass is 10.2. The molecule has 0 spiro atoms. The number of sulfonamides is 1. The van der Waals surface area contributed by atoms with Gasteiger partial charge in [0.2, 0.25) is 10.0 Å². The third-order valence-electron chi connectivity index (χ3n) is 2.81. The Morgan fingerprint density at radius 1 is 1.38 bits per heavy atom. The van der Waals surface area contributed by atoms with E-state index in [4.69, 9.17) is 5.26 Å². The zero-order chi connectivity index (χ0) is 15.5. The summed E-state index contributed by atoms with van der Waals surface area (Å²) >= 11 is 1.47. The Morgan fingerprint density at radius 3 is 2.57 bits per heavy atom. The molecule has 0 saturated carbocycles. The summed E-state index contributed by atoms with van der Waals surface area (Å²) in [6.45, 7) is 3.70. The highest BCUT2D eigenvalue weighted by molar-refractivity contribution is 7.88. The quantitative estimate of drug-likeness (QED) is 0.917. The maximum atomic E-state index is 12.1. The van der Waals surface area contributed by atoms with Crippen molar-refractivity contribution in [1.82, 2.24) is 9.71 Å². The fourth-order valence-electron chi connectivity index (χ4n) is 1.83. The highest BCUT2D eigenvalue weighted by Gasteiger charge is 2.18. The first-order valence-corrected chi connectivity index (χ1v) is 8.78. The Bertz CT molecular complexity index is 758. The normalized spacial score (nSPS) is 12.8. The van der Waals surface area contributed by atoms with Gasteiger partial charge >= 0.3 is 0 Å². The van der Waals surface area contributed by atoms with Crippen LogP contribution in [0, 0.1) is 18.3 Å². The predicted molar refractivity (Wildman–Crippen MR) is 82.2 cm³/mol. The van der Waals surface area contributed by atoms with Gasteiger partial charge in [-0.05, 0) is 31.5 Å². The molecule has 21 heavy (non-hydrogen) atoms. The summed E-state index contributed by atoms with van der Waals surface area (Å²) in [5, 5.41) is 9.47. The maximum absolute atomic E-state index is 12.1. The minimum absolute atomic E-state index is 0.118. The third-order valence-corrected chi connectivity index (χ3v) is 5.33. The first-order chi connectivity index (χ1) is 9.89. The number of nitriles is 1. The molecule has 0 bridgehead atoms. The van der Waals surface area contributed by atoms with Crippen molar-refractivity contribution in [3.8, 4) is 6.07 Å². The number of benzene rings is 1. The number of rotatable bonds is 5. The van der Waals surface area contributed by atoms with Crippen LogP contribution < -0.4 is 4.72 Å². The van der Waals surface area contributed by atoms with Crippen LogP contribution in [0.25, 0.3) is 0 Å². The molecule has 1 aromatic carbocycles. The van der Waals surface area contributed by atoms with Gasteiger partial charge in [-0.1, -0.05) is 12.1 Å². The number of aromatic nitrogens is 1. The van der Waals surface area contributed by atoms with Crippen molar-refractivity contribution in [3.63, 3.8) is 0 Å². The second-order valence-electron chi connectivity index (χ2n) is 4.72. The number of aryl methyl sites for hydroxylation is 1. The molecule has 0 aliphatic heterocycles. The summed E-state index contributed by atoms with van der Waals surface area (Å²) in [4.78, 5) is 5.23. The molecule has 0 saturated heterocycles. The molecule has 1 aromatic heterocycles. The highest BCUT2D eigenvalue weighted by Crippen LogP contribution is 2.20. The lowest BCUT2D eigenvalue weighted by Gasteiger charge is -2.12. The number of thiazole rings is 1. The second-order valence-corrected chi connectivity index (χ2v) is 7.74. The highest BCUT2D eigenvalue weighted by atomic mass is 32.2. The van der Waals surface area contributed by atoms with E-state index in [2.05, 4.69) is 9.71 Å². The molecule has 0 amide bonds. The molecule has 1 unspecified atom stereocenters. The molecule has 110 valence electrons. The van der Waals surface area contributed by atoms with Crippen LogP contribution in [0.2, 0.25) is 0 Å². The summed E-state index contributed by atoms with van der Waals surface area (Å²) in [7, 11) is -3.46. The van der Waals surface area contributed by atoms with Crippen molar-refractivity contribution >= 4 is 21.4 Å². The van der Waals surface area contributed by atoms with Crippen LogP contribution in [0.15, 0.2) is 30.5 Å². The zero-order valence-electron chi connectivity index (χ0n) is 11.7. The van der Waals surface area contributed by atoms with E-state index >= 15 is 0 Å². The van der Waals surface area contributed by atoms with E-state index in [1.54, 1.807) is 37.4 Å². The van der Waals surface area contributed by atoms with Crippen molar-refractivity contribution in [2.75, 3.05) is 0 Å². The first-order valence-electron chi connectivity index (χ1n) is 6.31. The van der Waals surface area contributed by atoms with Crippen LogP contribution in [0.5, 0.6) is 0 Å². The number of hydrogen-bond acceptors (Lipinski definition) is 5. The molecule has 2 rings (SSSR count). The van der Waals surface area contributed by atoms with Crippen molar-refractivity contribution in [3.05, 3.63) is 51.5 Å². The summed E-state index contributed by atoms with van der Waals surface area (Å²) in [6, 6.07) is 8.16. The van der Waals surface area contributed by atoms with Gasteiger partial charge in [-0.3, -0.25) is 0 Å². The number of nitrogens with one attached hydrogen (secondary N) is 1. The lowest BCUT2D eigenvalue weighted by molar-refractivity contribution is 0.565. The molecule has 0 radical (unpaired) electrons. The fourth-order valence-corrected chi connectivity index (χ4v) is 4.04. The number of nitrogens with zero attached hydrogens (tertiary/aromatic N) is 2. The second kappa shape index (κ2) is 6.35. The Kier molecular flexibility index (Phi) is 4.73. The van der Waals surface area contributed by atoms with Crippen LogP contribution in [-0.2, 0) is 15.8 Å². The molecule has 1 atom stereocenters. The Hall–Kier alpha value is -1.75. The summed E-state index contributed by atoms with van der Waals surface area (Å²) < 4.78 is 26.9. The molecule has 0 fully saturated rings. The third kappa shape index (κ3) is 4.36. The van der Waals surface area contributed by atoms with E-state index in [9.17, 15) is 8.42 Å². The van der Waals surface area contributed by atoms with Crippen LogP contribution >= 0.6 is 11.3 Å². The van der Waals surface area contributed by atoms with Gasteiger partial charge < -0.3 is 0 Å². The average molecular weight is 321 g/mol. The van der Waals surface area contributed by atoms with Crippen LogP contribution in [0.1, 0.15) is 34.0 Å². The molecule has 1 heterocycles. The zero-order valence-corrected chi connectivity index (χ0v) is 13.3. The van der Waals surface area contributed by atoms with Gasteiger partial charge in [0.1, 0.15) is 5.01 Å². The summed E-state index contributed by atoms with van der Waals surface area (Å²) in [5.74, 6) is -0.118. The molecule has 0 aliphatic carbocycles. The van der Waals surface area contributed by atoms with E-state index < -0.39 is 10.0 Å². The SMILES string of the molecule is Cc1cnc(C(C)NS(=O)(=O)Cc2ccc(C#N)cc2)s1. The van der Waals surface area contributed by atoms with Gasteiger partial charge in [0.25, 0.3) is 0 Å². The van der Waals surface area contributed by atoms with Gasteiger partial charge in [0, 0.05) is 11.1 Å². The maximum Gasteiger partial charge on any atom is 0.216 e. The van der Waals surface area contributed by atoms with Crippen molar-refractivity contribution in [1.29, 1.82) is 5.26 Å². The monoisotopic (exact) mass is 321 g/mol. The van der Waals surface area contributed by atoms with Gasteiger partial charge in [0.05, 0.1) is 23.4 Å². The Balaban J connectivity index is 2.06. The Labute approximate surface area is 128 Å². The standard InChI is InChI=1S/C14H15N3O2S2/c1-10-8-16-14(20-10)11(2)17-21(18,19)9-13-5-3-12(7-15)4-6-13/h3-6,8,11,17H,9H2,1-2H3. The molecule has 5 nitrogen and oxygen atoms in total. The van der Waals surface area contributed by atoms with E-state index in [-0.39, 0.29) is 11.8 Å². The van der Waals surface area contributed by atoms with Gasteiger partial charge in [0.15, 0.2) is 0 Å². The van der Waals surface area contributed by atoms with E-state index in [1.807, 2.05) is 13.0 Å². The van der Waals surface area contributed by atoms with E-state index in [1.165, 1.54) is 11.3 Å². The minimum atomic E-state index is -3.46. The van der Waals surface area contributed by atoms with E-state index in [0.29, 0.717) is 11.1 Å². The smallest absolute Gasteiger partial charge is 0.216 e. The lowest BCUT2D eigenvalue weighted by Crippen LogP contribution is -2.28. The minimum Gasteiger partial charge on any atom is -0.248 e. The predicted octanol–water partition coefficient (Wildman–Crippen LogP) is 2.50. The molecule has 2 aromatic rings. The van der Waals surface area contributed by atoms with Crippen molar-refractivity contribution in [2.24, 2.45) is 0 Å². The number of hydrogen-bond donors (Lipinski definition) is 1. The van der Waals surface area contributed by atoms with Crippen LogP contribution in [0.4, 0.5) is 0 Å². The average Bonchev–Trinajstić information content (AvgIpc) is 2.85. The molecule has 1 N–H and O–H groups in total. The van der Waals surface area contributed by atoms with Gasteiger partial charge in [-0.15, -0.1) is 11.3 Å². The van der Waals surface area contributed by atoms with Crippen LogP contribution in [-0.4, -0.2) is 13.4 Å². The first kappa shape index (κ1) is 15.6. The fraction of sp³-hybridized carbons (Fsp3) is 0.286. The summed E-state index contributed by atoms with van der Waals surface area (Å²) in [5.41, 5.74) is 1.15. The molecule has 7 heteroatoms. The molecular formula is C14H15N3O2S2. The van der Waals surface area contributed by atoms with Gasteiger partial charge in [-0.2, -0.15) is 5.26 Å². The topological polar surface area (TPSA) is 82.8 Å². The Morgan fingerprint density at radius 2 is 2.05 bits per heavy atom. The van der Waals surface area contributed by atoms with Crippen molar-refractivity contribution in [2.45, 2.75) is 25.6 Å². The van der Waals surface area contributed by atoms with Gasteiger partial charge in [-0.25, -0.2) is 18.1 Å². The molecule has 0 aliphatic rings. The molecular weight excluding hydrogens is 306 g/mol.